The van der Waals surface area contributed by atoms with Crippen molar-refractivity contribution in [3.05, 3.63) is 29.0 Å². The number of hydrogen-bond acceptors (Lipinski definition) is 3. The Morgan fingerprint density at radius 3 is 2.92 bits per heavy atom. The van der Waals surface area contributed by atoms with Crippen molar-refractivity contribution in [2.24, 2.45) is 0 Å². The lowest BCUT2D eigenvalue weighted by Crippen LogP contribution is -2.05. The maximum atomic E-state index is 5.72. The second-order valence-electron chi connectivity index (χ2n) is 2.90. The van der Waals surface area contributed by atoms with E-state index >= 15 is 0 Å². The minimum absolute atomic E-state index is 0.635. The quantitative estimate of drug-likeness (QED) is 0.800. The van der Waals surface area contributed by atoms with Crippen LogP contribution in [0.3, 0.4) is 0 Å². The Hall–Kier alpha value is -1.03. The van der Waals surface area contributed by atoms with Gasteiger partial charge in [-0.2, -0.15) is 0 Å². The molecule has 0 aromatic carbocycles. The molecule has 0 radical (unpaired) electrons. The number of nitrogens with zero attached hydrogens (tertiary/aromatic N) is 1. The lowest BCUT2D eigenvalue weighted by molar-refractivity contribution is 1.20. The molecule has 3 nitrogen and oxygen atoms in total. The molecule has 3 N–H and O–H groups in total. The second kappa shape index (κ2) is 4.28. The van der Waals surface area contributed by atoms with E-state index in [1.807, 2.05) is 6.92 Å². The highest BCUT2D eigenvalue weighted by Crippen LogP contribution is 2.26. The summed E-state index contributed by atoms with van der Waals surface area (Å²) in [6.07, 6.45) is 3.32. The van der Waals surface area contributed by atoms with Crippen LogP contribution in [0.15, 0.2) is 29.0 Å². The van der Waals surface area contributed by atoms with Crippen molar-refractivity contribution < 1.29 is 0 Å². The normalized spacial score (nSPS) is 9.69. The highest BCUT2D eigenvalue weighted by atomic mass is 79.9. The Bertz CT molecular complexity index is 302. The van der Waals surface area contributed by atoms with E-state index in [-0.39, 0.29) is 0 Å². The molecule has 0 saturated carbocycles. The van der Waals surface area contributed by atoms with Crippen molar-refractivity contribution in [2.45, 2.75) is 6.92 Å². The van der Waals surface area contributed by atoms with Gasteiger partial charge in [0.15, 0.2) is 0 Å². The fourth-order valence-electron chi connectivity index (χ4n) is 0.876. The lowest BCUT2D eigenvalue weighted by Gasteiger charge is -2.10. The smallest absolute Gasteiger partial charge is 0.0752 e. The molecular formula is C9H12BrN3. The molecule has 0 aliphatic carbocycles. The molecule has 1 heterocycles. The van der Waals surface area contributed by atoms with Crippen LogP contribution in [0.25, 0.3) is 0 Å². The first-order valence-electron chi connectivity index (χ1n) is 3.88. The molecule has 1 rings (SSSR count). The summed E-state index contributed by atoms with van der Waals surface area (Å²) in [6, 6.07) is 0. The number of aromatic nitrogens is 1. The van der Waals surface area contributed by atoms with E-state index in [9.17, 15) is 0 Å². The van der Waals surface area contributed by atoms with Crippen LogP contribution in [-0.4, -0.2) is 11.5 Å². The van der Waals surface area contributed by atoms with Crippen molar-refractivity contribution in [2.75, 3.05) is 17.6 Å². The number of nitrogen functional groups attached to an aromatic ring is 1. The third-order valence-corrected chi connectivity index (χ3v) is 2.10. The van der Waals surface area contributed by atoms with Gasteiger partial charge in [-0.15, -0.1) is 0 Å². The Labute approximate surface area is 86.2 Å². The van der Waals surface area contributed by atoms with E-state index in [0.717, 1.165) is 15.7 Å². The van der Waals surface area contributed by atoms with Gasteiger partial charge < -0.3 is 11.1 Å². The summed E-state index contributed by atoms with van der Waals surface area (Å²) >= 11 is 3.36. The monoisotopic (exact) mass is 241 g/mol. The molecular weight excluding hydrogens is 230 g/mol. The van der Waals surface area contributed by atoms with Gasteiger partial charge in [-0.05, 0) is 22.9 Å². The number of nitrogens with two attached hydrogens (primary N) is 1. The van der Waals surface area contributed by atoms with E-state index in [4.69, 9.17) is 5.73 Å². The first kappa shape index (κ1) is 10.1. The number of pyridine rings is 1. The minimum Gasteiger partial charge on any atom is -0.396 e. The van der Waals surface area contributed by atoms with E-state index in [2.05, 4.69) is 32.8 Å². The van der Waals surface area contributed by atoms with Crippen LogP contribution < -0.4 is 11.1 Å². The van der Waals surface area contributed by atoms with Crippen LogP contribution in [0.1, 0.15) is 6.92 Å². The van der Waals surface area contributed by atoms with Gasteiger partial charge in [-0.25, -0.2) is 0 Å². The largest absolute Gasteiger partial charge is 0.396 e. The van der Waals surface area contributed by atoms with Gasteiger partial charge in [0.2, 0.25) is 0 Å². The summed E-state index contributed by atoms with van der Waals surface area (Å²) in [7, 11) is 0. The van der Waals surface area contributed by atoms with Gasteiger partial charge in [0.1, 0.15) is 0 Å². The molecule has 0 bridgehead atoms. The molecule has 4 heteroatoms. The molecule has 0 spiro atoms. The zero-order valence-electron chi connectivity index (χ0n) is 7.47. The summed E-state index contributed by atoms with van der Waals surface area (Å²) in [5, 5.41) is 3.17. The Morgan fingerprint density at radius 2 is 2.38 bits per heavy atom. The van der Waals surface area contributed by atoms with Crippen molar-refractivity contribution in [3.8, 4) is 0 Å². The molecule has 0 aliphatic rings. The molecule has 13 heavy (non-hydrogen) atoms. The average Bonchev–Trinajstić information content (AvgIpc) is 2.03. The fourth-order valence-corrected chi connectivity index (χ4v) is 1.36. The summed E-state index contributed by atoms with van der Waals surface area (Å²) in [5.74, 6) is 0. The number of rotatable bonds is 3. The predicted octanol–water partition coefficient (Wildman–Crippen LogP) is 2.41. The highest BCUT2D eigenvalue weighted by molar-refractivity contribution is 9.10. The molecule has 0 atom stereocenters. The zero-order chi connectivity index (χ0) is 9.84. The van der Waals surface area contributed by atoms with Gasteiger partial charge >= 0.3 is 0 Å². The summed E-state index contributed by atoms with van der Waals surface area (Å²) < 4.78 is 0.869. The predicted molar refractivity (Wildman–Crippen MR) is 59.7 cm³/mol. The Balaban J connectivity index is 2.81. The van der Waals surface area contributed by atoms with Crippen LogP contribution in [-0.2, 0) is 0 Å². The van der Waals surface area contributed by atoms with Crippen LogP contribution in [0.2, 0.25) is 0 Å². The summed E-state index contributed by atoms with van der Waals surface area (Å²) in [4.78, 5) is 3.94. The molecule has 0 amide bonds. The lowest BCUT2D eigenvalue weighted by atomic mass is 10.3. The standard InChI is InChI=1S/C9H12BrN3/c1-6(2)3-13-9-7(10)4-12-5-8(9)11/h4-5H,1,3,11H2,2H3,(H,12,13). The van der Waals surface area contributed by atoms with E-state index in [0.29, 0.717) is 12.2 Å². The number of halogens is 1. The third-order valence-electron chi connectivity index (χ3n) is 1.50. The van der Waals surface area contributed by atoms with E-state index in [1.54, 1.807) is 12.4 Å². The van der Waals surface area contributed by atoms with Gasteiger partial charge in [-0.1, -0.05) is 12.2 Å². The van der Waals surface area contributed by atoms with Crippen LogP contribution in [0.5, 0.6) is 0 Å². The maximum Gasteiger partial charge on any atom is 0.0752 e. The SMILES string of the molecule is C=C(C)CNc1c(N)cncc1Br. The summed E-state index contributed by atoms with van der Waals surface area (Å²) in [6.45, 7) is 6.47. The van der Waals surface area contributed by atoms with Crippen LogP contribution >= 0.6 is 15.9 Å². The average molecular weight is 242 g/mol. The van der Waals surface area contributed by atoms with E-state index in [1.165, 1.54) is 0 Å². The van der Waals surface area contributed by atoms with Crippen LogP contribution in [0.4, 0.5) is 11.4 Å². The topological polar surface area (TPSA) is 50.9 Å². The van der Waals surface area contributed by atoms with Gasteiger partial charge in [0.05, 0.1) is 22.0 Å². The minimum atomic E-state index is 0.635. The van der Waals surface area contributed by atoms with Gasteiger partial charge in [-0.3, -0.25) is 4.98 Å². The second-order valence-corrected chi connectivity index (χ2v) is 3.75. The van der Waals surface area contributed by atoms with Gasteiger partial charge in [0, 0.05) is 12.7 Å². The Morgan fingerprint density at radius 1 is 1.69 bits per heavy atom. The van der Waals surface area contributed by atoms with Crippen LogP contribution in [0, 0.1) is 0 Å². The molecule has 1 aromatic heterocycles. The fraction of sp³-hybridized carbons (Fsp3) is 0.222. The maximum absolute atomic E-state index is 5.72. The number of nitrogens with one attached hydrogen (secondary N) is 1. The van der Waals surface area contributed by atoms with Crippen molar-refractivity contribution >= 4 is 27.3 Å². The van der Waals surface area contributed by atoms with Crippen molar-refractivity contribution in [1.82, 2.24) is 4.98 Å². The van der Waals surface area contributed by atoms with Crippen molar-refractivity contribution in [3.63, 3.8) is 0 Å². The molecule has 1 aromatic rings. The number of anilines is 2. The molecule has 0 aliphatic heterocycles. The molecule has 70 valence electrons. The van der Waals surface area contributed by atoms with Gasteiger partial charge in [0.25, 0.3) is 0 Å². The Kier molecular flexibility index (Phi) is 3.31. The first-order chi connectivity index (χ1) is 6.11. The zero-order valence-corrected chi connectivity index (χ0v) is 9.06. The molecule has 0 unspecified atom stereocenters. The third kappa shape index (κ3) is 2.73. The number of hydrogen-bond donors (Lipinski definition) is 2. The highest BCUT2D eigenvalue weighted by Gasteiger charge is 2.02. The van der Waals surface area contributed by atoms with Crippen molar-refractivity contribution in [1.29, 1.82) is 0 Å². The van der Waals surface area contributed by atoms with E-state index < -0.39 is 0 Å². The molecule has 0 saturated heterocycles. The summed E-state index contributed by atoms with van der Waals surface area (Å²) in [5.41, 5.74) is 8.29. The molecule has 0 fully saturated rings. The first-order valence-corrected chi connectivity index (χ1v) is 4.68.